The van der Waals surface area contributed by atoms with Crippen LogP contribution in [-0.4, -0.2) is 36.7 Å². The van der Waals surface area contributed by atoms with E-state index >= 15 is 0 Å². The molecule has 1 heterocycles. The molecule has 0 aliphatic heterocycles. The minimum Gasteiger partial charge on any atom is -0.454 e. The van der Waals surface area contributed by atoms with Crippen LogP contribution in [0.15, 0.2) is 22.7 Å². The molecule has 0 radical (unpaired) electrons. The number of ether oxygens (including phenoxy) is 2. The summed E-state index contributed by atoms with van der Waals surface area (Å²) in [6, 6.07) is 5.65. The second-order valence-electron chi connectivity index (χ2n) is 3.98. The van der Waals surface area contributed by atoms with Crippen molar-refractivity contribution in [2.24, 2.45) is 0 Å². The number of fused-ring (bicyclic) bond motifs is 1. The lowest BCUT2D eigenvalue weighted by atomic mass is 10.3. The lowest BCUT2D eigenvalue weighted by molar-refractivity contribution is -0.151. The van der Waals surface area contributed by atoms with Crippen molar-refractivity contribution >= 4 is 54.5 Å². The first kappa shape index (κ1) is 15.9. The van der Waals surface area contributed by atoms with E-state index in [4.69, 9.17) is 9.47 Å². The number of rotatable bonds is 6. The number of esters is 1. The Bertz CT molecular complexity index is 659. The molecule has 0 unspecified atom stereocenters. The van der Waals surface area contributed by atoms with Crippen LogP contribution in [0, 0.1) is 0 Å². The Morgan fingerprint density at radius 2 is 2.19 bits per heavy atom. The van der Waals surface area contributed by atoms with Crippen molar-refractivity contribution in [1.82, 2.24) is 4.98 Å². The molecule has 1 amide bonds. The molecule has 2 aromatic rings. The molecule has 0 bridgehead atoms. The van der Waals surface area contributed by atoms with Crippen LogP contribution in [0.3, 0.4) is 0 Å². The maximum absolute atomic E-state index is 11.7. The number of benzene rings is 1. The van der Waals surface area contributed by atoms with Gasteiger partial charge in [0, 0.05) is 11.1 Å². The predicted molar refractivity (Wildman–Crippen MR) is 83.4 cm³/mol. The van der Waals surface area contributed by atoms with Crippen molar-refractivity contribution in [3.63, 3.8) is 0 Å². The summed E-state index contributed by atoms with van der Waals surface area (Å²) in [5, 5.41) is 3.06. The van der Waals surface area contributed by atoms with E-state index in [1.54, 1.807) is 6.92 Å². The first-order chi connectivity index (χ1) is 10.1. The maximum atomic E-state index is 11.7. The SMILES string of the molecule is CCOCC(=O)OCC(=O)Nc1nc2ccc(Br)cc2s1. The zero-order chi connectivity index (χ0) is 15.2. The molecule has 0 saturated heterocycles. The molecule has 1 aromatic carbocycles. The van der Waals surface area contributed by atoms with Gasteiger partial charge in [-0.3, -0.25) is 10.1 Å². The van der Waals surface area contributed by atoms with Gasteiger partial charge in [-0.2, -0.15) is 0 Å². The van der Waals surface area contributed by atoms with E-state index < -0.39 is 11.9 Å². The topological polar surface area (TPSA) is 77.5 Å². The number of halogens is 1. The van der Waals surface area contributed by atoms with Crippen molar-refractivity contribution < 1.29 is 19.1 Å². The van der Waals surface area contributed by atoms with E-state index in [9.17, 15) is 9.59 Å². The minimum absolute atomic E-state index is 0.154. The Labute approximate surface area is 133 Å². The van der Waals surface area contributed by atoms with Gasteiger partial charge in [0.15, 0.2) is 11.7 Å². The van der Waals surface area contributed by atoms with Crippen LogP contribution in [-0.2, 0) is 19.1 Å². The molecule has 112 valence electrons. The Kier molecular flexibility index (Phi) is 5.66. The van der Waals surface area contributed by atoms with Crippen LogP contribution < -0.4 is 5.32 Å². The van der Waals surface area contributed by atoms with Crippen LogP contribution in [0.25, 0.3) is 10.2 Å². The van der Waals surface area contributed by atoms with E-state index in [-0.39, 0.29) is 13.2 Å². The third-order valence-electron chi connectivity index (χ3n) is 2.39. The highest BCUT2D eigenvalue weighted by molar-refractivity contribution is 9.10. The van der Waals surface area contributed by atoms with Gasteiger partial charge in [0.1, 0.15) is 6.61 Å². The number of carbonyl (C=O) groups is 2. The van der Waals surface area contributed by atoms with Crippen LogP contribution >= 0.6 is 27.3 Å². The van der Waals surface area contributed by atoms with Crippen molar-refractivity contribution in [3.8, 4) is 0 Å². The first-order valence-corrected chi connectivity index (χ1v) is 7.78. The summed E-state index contributed by atoms with van der Waals surface area (Å²) < 4.78 is 11.5. The van der Waals surface area contributed by atoms with Crippen LogP contribution in [0.2, 0.25) is 0 Å². The normalized spacial score (nSPS) is 10.6. The van der Waals surface area contributed by atoms with Crippen molar-refractivity contribution in [2.75, 3.05) is 25.1 Å². The maximum Gasteiger partial charge on any atom is 0.332 e. The molecule has 0 fully saturated rings. The first-order valence-electron chi connectivity index (χ1n) is 6.18. The molecule has 0 aliphatic rings. The molecular formula is C13H13BrN2O4S. The van der Waals surface area contributed by atoms with Gasteiger partial charge in [-0.05, 0) is 25.1 Å². The molecule has 0 atom stereocenters. The van der Waals surface area contributed by atoms with Gasteiger partial charge in [0.2, 0.25) is 0 Å². The summed E-state index contributed by atoms with van der Waals surface area (Å²) in [6.07, 6.45) is 0. The second kappa shape index (κ2) is 7.48. The molecule has 8 heteroatoms. The molecule has 21 heavy (non-hydrogen) atoms. The molecular weight excluding hydrogens is 360 g/mol. The highest BCUT2D eigenvalue weighted by Crippen LogP contribution is 2.28. The van der Waals surface area contributed by atoms with E-state index in [0.29, 0.717) is 11.7 Å². The number of nitrogens with zero attached hydrogens (tertiary/aromatic N) is 1. The smallest absolute Gasteiger partial charge is 0.332 e. The Hall–Kier alpha value is -1.51. The fourth-order valence-corrected chi connectivity index (χ4v) is 2.91. The molecule has 2 rings (SSSR count). The third kappa shape index (κ3) is 4.76. The summed E-state index contributed by atoms with van der Waals surface area (Å²) in [5.41, 5.74) is 0.798. The highest BCUT2D eigenvalue weighted by Gasteiger charge is 2.10. The van der Waals surface area contributed by atoms with E-state index in [1.807, 2.05) is 18.2 Å². The summed E-state index contributed by atoms with van der Waals surface area (Å²) in [4.78, 5) is 27.1. The zero-order valence-electron chi connectivity index (χ0n) is 11.2. The molecule has 1 N–H and O–H groups in total. The highest BCUT2D eigenvalue weighted by atomic mass is 79.9. The number of carbonyl (C=O) groups excluding carboxylic acids is 2. The number of amides is 1. The van der Waals surface area contributed by atoms with Gasteiger partial charge in [-0.15, -0.1) is 0 Å². The second-order valence-corrected chi connectivity index (χ2v) is 5.92. The lowest BCUT2D eigenvalue weighted by Gasteiger charge is -2.04. The minimum atomic E-state index is -0.569. The predicted octanol–water partition coefficient (Wildman–Crippen LogP) is 2.58. The summed E-state index contributed by atoms with van der Waals surface area (Å²) >= 11 is 4.73. The molecule has 1 aromatic heterocycles. The standard InChI is InChI=1S/C13H13BrN2O4S/c1-2-19-7-12(18)20-6-11(17)16-13-15-9-4-3-8(14)5-10(9)21-13/h3-5H,2,6-7H2,1H3,(H,15,16,17). The van der Waals surface area contributed by atoms with Crippen LogP contribution in [0.5, 0.6) is 0 Å². The fourth-order valence-electron chi connectivity index (χ4n) is 1.48. The van der Waals surface area contributed by atoms with Gasteiger partial charge < -0.3 is 9.47 Å². The van der Waals surface area contributed by atoms with Crippen molar-refractivity contribution in [3.05, 3.63) is 22.7 Å². The largest absolute Gasteiger partial charge is 0.454 e. The Balaban J connectivity index is 1.88. The third-order valence-corrected chi connectivity index (χ3v) is 3.81. The molecule has 6 nitrogen and oxygen atoms in total. The van der Waals surface area contributed by atoms with Crippen molar-refractivity contribution in [1.29, 1.82) is 0 Å². The average Bonchev–Trinajstić information content (AvgIpc) is 2.84. The lowest BCUT2D eigenvalue weighted by Crippen LogP contribution is -2.22. The van der Waals surface area contributed by atoms with E-state index in [1.165, 1.54) is 11.3 Å². The van der Waals surface area contributed by atoms with Crippen LogP contribution in [0.4, 0.5) is 5.13 Å². The fraction of sp³-hybridized carbons (Fsp3) is 0.308. The van der Waals surface area contributed by atoms with Gasteiger partial charge >= 0.3 is 5.97 Å². The number of anilines is 1. The average molecular weight is 373 g/mol. The van der Waals surface area contributed by atoms with Gasteiger partial charge in [-0.1, -0.05) is 27.3 Å². The Morgan fingerprint density at radius 3 is 2.95 bits per heavy atom. The number of hydrogen-bond donors (Lipinski definition) is 1. The number of aromatic nitrogens is 1. The van der Waals surface area contributed by atoms with Gasteiger partial charge in [0.25, 0.3) is 5.91 Å². The van der Waals surface area contributed by atoms with Crippen LogP contribution in [0.1, 0.15) is 6.92 Å². The molecule has 0 spiro atoms. The van der Waals surface area contributed by atoms with E-state index in [0.717, 1.165) is 14.7 Å². The monoisotopic (exact) mass is 372 g/mol. The molecule has 0 saturated carbocycles. The van der Waals surface area contributed by atoms with E-state index in [2.05, 4.69) is 26.2 Å². The van der Waals surface area contributed by atoms with Crippen molar-refractivity contribution in [2.45, 2.75) is 6.92 Å². The number of nitrogens with one attached hydrogen (secondary N) is 1. The quantitative estimate of drug-likeness (QED) is 0.788. The summed E-state index contributed by atoms with van der Waals surface area (Å²) in [7, 11) is 0. The van der Waals surface area contributed by atoms with Gasteiger partial charge in [-0.25, -0.2) is 9.78 Å². The number of thiazole rings is 1. The number of hydrogen-bond acceptors (Lipinski definition) is 6. The van der Waals surface area contributed by atoms with Gasteiger partial charge in [0.05, 0.1) is 10.2 Å². The summed E-state index contributed by atoms with van der Waals surface area (Å²) in [5.74, 6) is -1.00. The summed E-state index contributed by atoms with van der Waals surface area (Å²) in [6.45, 7) is 1.68. The zero-order valence-corrected chi connectivity index (χ0v) is 13.6. The molecule has 0 aliphatic carbocycles. The Morgan fingerprint density at radius 1 is 1.38 bits per heavy atom.